The van der Waals surface area contributed by atoms with Crippen LogP contribution >= 0.6 is 0 Å². The summed E-state index contributed by atoms with van der Waals surface area (Å²) >= 11 is 0. The molecule has 0 atom stereocenters. The largest absolute Gasteiger partial charge is 0.492 e. The Kier molecular flexibility index (Phi) is 4.82. The number of carbonyl (C=O) groups is 1. The number of aryl methyl sites for hydroxylation is 1. The van der Waals surface area contributed by atoms with E-state index in [9.17, 15) is 4.79 Å². The van der Waals surface area contributed by atoms with Crippen molar-refractivity contribution in [3.63, 3.8) is 0 Å². The van der Waals surface area contributed by atoms with Gasteiger partial charge in [0.05, 0.1) is 12.3 Å². The lowest BCUT2D eigenvalue weighted by Gasteiger charge is -2.14. The van der Waals surface area contributed by atoms with Gasteiger partial charge in [-0.1, -0.05) is 6.07 Å². The molecule has 0 radical (unpaired) electrons. The molecule has 0 spiro atoms. The molecule has 0 unspecified atom stereocenters. The van der Waals surface area contributed by atoms with Crippen LogP contribution in [0.15, 0.2) is 18.2 Å². The predicted octanol–water partition coefficient (Wildman–Crippen LogP) is 2.92. The summed E-state index contributed by atoms with van der Waals surface area (Å²) in [6, 6.07) is 5.59. The summed E-state index contributed by atoms with van der Waals surface area (Å²) in [6.45, 7) is 8.31. The first-order chi connectivity index (χ1) is 8.02. The average Bonchev–Trinajstić information content (AvgIpc) is 2.21. The van der Waals surface area contributed by atoms with Gasteiger partial charge in [-0.2, -0.15) is 0 Å². The second-order valence-corrected chi connectivity index (χ2v) is 4.19. The minimum atomic E-state index is -0.218. The molecule has 2 amide bonds. The van der Waals surface area contributed by atoms with Crippen molar-refractivity contribution in [2.45, 2.75) is 33.7 Å². The highest BCUT2D eigenvalue weighted by atomic mass is 16.5. The summed E-state index contributed by atoms with van der Waals surface area (Å²) in [6.07, 6.45) is 0. The van der Waals surface area contributed by atoms with E-state index in [-0.39, 0.29) is 12.1 Å². The molecule has 4 nitrogen and oxygen atoms in total. The van der Waals surface area contributed by atoms with Crippen LogP contribution in [-0.2, 0) is 0 Å². The number of carbonyl (C=O) groups excluding carboxylic acids is 1. The first-order valence-corrected chi connectivity index (χ1v) is 5.84. The second kappa shape index (κ2) is 6.13. The van der Waals surface area contributed by atoms with Crippen LogP contribution in [0.25, 0.3) is 0 Å². The minimum absolute atomic E-state index is 0.107. The van der Waals surface area contributed by atoms with Gasteiger partial charge < -0.3 is 15.4 Å². The zero-order chi connectivity index (χ0) is 12.8. The molecule has 0 saturated heterocycles. The smallest absolute Gasteiger partial charge is 0.319 e. The van der Waals surface area contributed by atoms with Gasteiger partial charge in [0, 0.05) is 6.04 Å². The zero-order valence-electron chi connectivity index (χ0n) is 10.8. The molecule has 2 N–H and O–H groups in total. The van der Waals surface area contributed by atoms with E-state index < -0.39 is 0 Å². The van der Waals surface area contributed by atoms with Crippen molar-refractivity contribution < 1.29 is 9.53 Å². The minimum Gasteiger partial charge on any atom is -0.492 e. The highest BCUT2D eigenvalue weighted by molar-refractivity contribution is 5.91. The number of nitrogens with one attached hydrogen (secondary N) is 2. The van der Waals surface area contributed by atoms with Crippen molar-refractivity contribution >= 4 is 11.7 Å². The van der Waals surface area contributed by atoms with Gasteiger partial charge in [0.1, 0.15) is 5.75 Å². The molecule has 17 heavy (non-hydrogen) atoms. The number of anilines is 1. The standard InChI is InChI=1S/C13H20N2O2/c1-5-17-12-8-10(4)6-7-11(12)15-13(16)14-9(2)3/h6-9H,5H2,1-4H3,(H2,14,15,16). The van der Waals surface area contributed by atoms with Gasteiger partial charge in [0.15, 0.2) is 0 Å². The van der Waals surface area contributed by atoms with Crippen molar-refractivity contribution in [1.82, 2.24) is 5.32 Å². The molecule has 0 bridgehead atoms. The maximum Gasteiger partial charge on any atom is 0.319 e. The molecule has 0 aliphatic rings. The third kappa shape index (κ3) is 4.34. The van der Waals surface area contributed by atoms with Gasteiger partial charge in [-0.25, -0.2) is 4.79 Å². The van der Waals surface area contributed by atoms with Gasteiger partial charge in [-0.05, 0) is 45.4 Å². The van der Waals surface area contributed by atoms with Gasteiger partial charge in [-0.3, -0.25) is 0 Å². The molecule has 0 aliphatic heterocycles. The summed E-state index contributed by atoms with van der Waals surface area (Å²) in [5, 5.41) is 5.55. The van der Waals surface area contributed by atoms with Crippen molar-refractivity contribution in [3.05, 3.63) is 23.8 Å². The first kappa shape index (κ1) is 13.4. The molecule has 4 heteroatoms. The molecule has 0 aliphatic carbocycles. The maximum absolute atomic E-state index is 11.6. The molecule has 0 saturated carbocycles. The third-order valence-corrected chi connectivity index (χ3v) is 2.10. The topological polar surface area (TPSA) is 50.4 Å². The number of benzene rings is 1. The number of urea groups is 1. The number of amides is 2. The summed E-state index contributed by atoms with van der Waals surface area (Å²) in [5.74, 6) is 0.700. The number of hydrogen-bond acceptors (Lipinski definition) is 2. The monoisotopic (exact) mass is 236 g/mol. The molecule has 94 valence electrons. The lowest BCUT2D eigenvalue weighted by molar-refractivity contribution is 0.249. The van der Waals surface area contributed by atoms with Gasteiger partial charge in [0.2, 0.25) is 0 Å². The first-order valence-electron chi connectivity index (χ1n) is 5.84. The second-order valence-electron chi connectivity index (χ2n) is 4.19. The van der Waals surface area contributed by atoms with Crippen LogP contribution in [0.1, 0.15) is 26.3 Å². The van der Waals surface area contributed by atoms with E-state index in [1.165, 1.54) is 0 Å². The number of hydrogen-bond donors (Lipinski definition) is 2. The molecule has 1 aromatic carbocycles. The van der Waals surface area contributed by atoms with Crippen LogP contribution in [0.4, 0.5) is 10.5 Å². The maximum atomic E-state index is 11.6. The molecule has 1 rings (SSSR count). The fraction of sp³-hybridized carbons (Fsp3) is 0.462. The van der Waals surface area contributed by atoms with E-state index in [0.29, 0.717) is 18.0 Å². The van der Waals surface area contributed by atoms with Crippen LogP contribution in [0.5, 0.6) is 5.75 Å². The fourth-order valence-corrected chi connectivity index (χ4v) is 1.43. The summed E-state index contributed by atoms with van der Waals surface area (Å²) in [4.78, 5) is 11.6. The molecule has 0 fully saturated rings. The van der Waals surface area contributed by atoms with Crippen LogP contribution in [0.3, 0.4) is 0 Å². The summed E-state index contributed by atoms with van der Waals surface area (Å²) in [7, 11) is 0. The molecular formula is C13H20N2O2. The Hall–Kier alpha value is -1.71. The third-order valence-electron chi connectivity index (χ3n) is 2.10. The highest BCUT2D eigenvalue weighted by Crippen LogP contribution is 2.25. The Bertz CT molecular complexity index is 389. The van der Waals surface area contributed by atoms with Crippen LogP contribution in [0, 0.1) is 6.92 Å². The number of rotatable bonds is 4. The van der Waals surface area contributed by atoms with E-state index in [1.807, 2.05) is 45.9 Å². The molecule has 1 aromatic rings. The van der Waals surface area contributed by atoms with Crippen LogP contribution in [-0.4, -0.2) is 18.7 Å². The van der Waals surface area contributed by atoms with E-state index in [2.05, 4.69) is 10.6 Å². The van der Waals surface area contributed by atoms with E-state index in [1.54, 1.807) is 0 Å². The van der Waals surface area contributed by atoms with Crippen molar-refractivity contribution in [1.29, 1.82) is 0 Å². The quantitative estimate of drug-likeness (QED) is 0.844. The Morgan fingerprint density at radius 1 is 1.41 bits per heavy atom. The van der Waals surface area contributed by atoms with Crippen molar-refractivity contribution in [2.75, 3.05) is 11.9 Å². The van der Waals surface area contributed by atoms with Crippen LogP contribution in [0.2, 0.25) is 0 Å². The Morgan fingerprint density at radius 2 is 2.12 bits per heavy atom. The molecular weight excluding hydrogens is 216 g/mol. The lowest BCUT2D eigenvalue weighted by atomic mass is 10.2. The van der Waals surface area contributed by atoms with Gasteiger partial charge in [-0.15, -0.1) is 0 Å². The predicted molar refractivity (Wildman–Crippen MR) is 69.6 cm³/mol. The lowest BCUT2D eigenvalue weighted by Crippen LogP contribution is -2.34. The average molecular weight is 236 g/mol. The molecule has 0 aromatic heterocycles. The SMILES string of the molecule is CCOc1cc(C)ccc1NC(=O)NC(C)C. The molecule has 0 heterocycles. The van der Waals surface area contributed by atoms with Crippen LogP contribution < -0.4 is 15.4 Å². The van der Waals surface area contributed by atoms with E-state index in [0.717, 1.165) is 5.56 Å². The van der Waals surface area contributed by atoms with Gasteiger partial charge in [0.25, 0.3) is 0 Å². The van der Waals surface area contributed by atoms with Crippen molar-refractivity contribution in [3.8, 4) is 5.75 Å². The zero-order valence-corrected chi connectivity index (χ0v) is 10.8. The van der Waals surface area contributed by atoms with Gasteiger partial charge >= 0.3 is 6.03 Å². The highest BCUT2D eigenvalue weighted by Gasteiger charge is 2.08. The summed E-state index contributed by atoms with van der Waals surface area (Å²) < 4.78 is 5.48. The normalized spacial score (nSPS) is 10.2. The fourth-order valence-electron chi connectivity index (χ4n) is 1.43. The summed E-state index contributed by atoms with van der Waals surface area (Å²) in [5.41, 5.74) is 1.79. The van der Waals surface area contributed by atoms with Crippen molar-refractivity contribution in [2.24, 2.45) is 0 Å². The Morgan fingerprint density at radius 3 is 2.71 bits per heavy atom. The Labute approximate surface area is 102 Å². The van der Waals surface area contributed by atoms with E-state index in [4.69, 9.17) is 4.74 Å². The van der Waals surface area contributed by atoms with E-state index >= 15 is 0 Å². The Balaban J connectivity index is 2.79. The number of ether oxygens (including phenoxy) is 1.